The summed E-state index contributed by atoms with van der Waals surface area (Å²) in [5.74, 6) is -1.14. The van der Waals surface area contributed by atoms with Crippen molar-refractivity contribution in [1.82, 2.24) is 10.4 Å². The van der Waals surface area contributed by atoms with E-state index < -0.39 is 18.6 Å². The SMILES string of the molecule is CN(Cc1ccsc1)C(=O)NOCC(=O)O. The van der Waals surface area contributed by atoms with Crippen LogP contribution in [0.5, 0.6) is 0 Å². The second-order valence-electron chi connectivity index (χ2n) is 3.08. The molecule has 0 aliphatic carbocycles. The van der Waals surface area contributed by atoms with E-state index in [1.54, 1.807) is 18.4 Å². The Labute approximate surface area is 96.4 Å². The number of nitrogens with one attached hydrogen (secondary N) is 1. The lowest BCUT2D eigenvalue weighted by Crippen LogP contribution is -2.37. The third-order valence-electron chi connectivity index (χ3n) is 1.70. The maximum absolute atomic E-state index is 11.4. The average Bonchev–Trinajstić information content (AvgIpc) is 2.69. The van der Waals surface area contributed by atoms with E-state index in [1.165, 1.54) is 4.90 Å². The van der Waals surface area contributed by atoms with E-state index in [4.69, 9.17) is 5.11 Å². The summed E-state index contributed by atoms with van der Waals surface area (Å²) in [6.07, 6.45) is 0. The van der Waals surface area contributed by atoms with Crippen LogP contribution in [-0.4, -0.2) is 35.7 Å². The fraction of sp³-hybridized carbons (Fsp3) is 0.333. The zero-order chi connectivity index (χ0) is 12.0. The largest absolute Gasteiger partial charge is 0.479 e. The Morgan fingerprint density at radius 2 is 2.38 bits per heavy atom. The summed E-state index contributed by atoms with van der Waals surface area (Å²) >= 11 is 1.55. The lowest BCUT2D eigenvalue weighted by Gasteiger charge is -2.16. The van der Waals surface area contributed by atoms with Crippen molar-refractivity contribution in [3.05, 3.63) is 22.4 Å². The lowest BCUT2D eigenvalue weighted by atomic mass is 10.3. The molecule has 16 heavy (non-hydrogen) atoms. The minimum absolute atomic E-state index is 0.450. The van der Waals surface area contributed by atoms with Crippen molar-refractivity contribution < 1.29 is 19.5 Å². The summed E-state index contributed by atoms with van der Waals surface area (Å²) < 4.78 is 0. The Balaban J connectivity index is 2.28. The normalized spacial score (nSPS) is 9.81. The van der Waals surface area contributed by atoms with Crippen molar-refractivity contribution in [3.63, 3.8) is 0 Å². The molecule has 7 heteroatoms. The molecule has 0 radical (unpaired) electrons. The molecular formula is C9H12N2O4S. The Bertz CT molecular complexity index is 352. The maximum Gasteiger partial charge on any atom is 0.341 e. The van der Waals surface area contributed by atoms with Crippen LogP contribution in [0.25, 0.3) is 0 Å². The first-order valence-corrected chi connectivity index (χ1v) is 5.39. The molecule has 0 unspecified atom stereocenters. The standard InChI is InChI=1S/C9H12N2O4S/c1-11(4-7-2-3-16-6-7)9(14)10-15-5-8(12)13/h2-3,6H,4-5H2,1H3,(H,10,14)(H,12,13). The number of carbonyl (C=O) groups is 2. The molecule has 1 aromatic heterocycles. The number of thiophene rings is 1. The van der Waals surface area contributed by atoms with Gasteiger partial charge in [-0.15, -0.1) is 0 Å². The quantitative estimate of drug-likeness (QED) is 0.754. The van der Waals surface area contributed by atoms with Crippen LogP contribution in [0, 0.1) is 0 Å². The number of carboxylic acids is 1. The predicted octanol–water partition coefficient (Wildman–Crippen LogP) is 0.906. The van der Waals surface area contributed by atoms with Crippen LogP contribution in [0.1, 0.15) is 5.56 Å². The van der Waals surface area contributed by atoms with Crippen LogP contribution in [-0.2, 0) is 16.2 Å². The molecule has 1 rings (SSSR count). The number of hydrogen-bond acceptors (Lipinski definition) is 4. The second-order valence-corrected chi connectivity index (χ2v) is 3.86. The van der Waals surface area contributed by atoms with Gasteiger partial charge in [-0.3, -0.25) is 4.84 Å². The van der Waals surface area contributed by atoms with E-state index in [2.05, 4.69) is 4.84 Å². The van der Waals surface area contributed by atoms with E-state index in [9.17, 15) is 9.59 Å². The highest BCUT2D eigenvalue weighted by atomic mass is 32.1. The molecule has 0 aliphatic rings. The minimum atomic E-state index is -1.14. The van der Waals surface area contributed by atoms with E-state index in [0.29, 0.717) is 6.54 Å². The first kappa shape index (κ1) is 12.5. The van der Waals surface area contributed by atoms with Gasteiger partial charge in [0.15, 0.2) is 6.61 Å². The van der Waals surface area contributed by atoms with Gasteiger partial charge in [0.2, 0.25) is 0 Å². The first-order chi connectivity index (χ1) is 7.59. The van der Waals surface area contributed by atoms with Gasteiger partial charge >= 0.3 is 12.0 Å². The van der Waals surface area contributed by atoms with Crippen molar-refractivity contribution in [3.8, 4) is 0 Å². The van der Waals surface area contributed by atoms with Crippen molar-refractivity contribution in [2.24, 2.45) is 0 Å². The van der Waals surface area contributed by atoms with Crippen LogP contribution in [0.2, 0.25) is 0 Å². The zero-order valence-corrected chi connectivity index (χ0v) is 9.49. The molecule has 2 amide bonds. The highest BCUT2D eigenvalue weighted by Gasteiger charge is 2.09. The number of carbonyl (C=O) groups excluding carboxylic acids is 1. The molecule has 0 saturated carbocycles. The highest BCUT2D eigenvalue weighted by Crippen LogP contribution is 2.08. The van der Waals surface area contributed by atoms with Crippen LogP contribution in [0.4, 0.5) is 4.79 Å². The van der Waals surface area contributed by atoms with Gasteiger partial charge in [0.05, 0.1) is 0 Å². The van der Waals surface area contributed by atoms with Gasteiger partial charge in [-0.25, -0.2) is 15.1 Å². The number of amides is 2. The highest BCUT2D eigenvalue weighted by molar-refractivity contribution is 7.07. The molecule has 0 spiro atoms. The van der Waals surface area contributed by atoms with Gasteiger partial charge in [-0.2, -0.15) is 11.3 Å². The summed E-state index contributed by atoms with van der Waals surface area (Å²) in [6.45, 7) is -0.107. The van der Waals surface area contributed by atoms with Gasteiger partial charge in [-0.05, 0) is 22.4 Å². The third-order valence-corrected chi connectivity index (χ3v) is 2.43. The Hall–Kier alpha value is -1.60. The van der Waals surface area contributed by atoms with Crippen molar-refractivity contribution in [2.75, 3.05) is 13.7 Å². The predicted molar refractivity (Wildman–Crippen MR) is 57.9 cm³/mol. The first-order valence-electron chi connectivity index (χ1n) is 4.45. The molecular weight excluding hydrogens is 232 g/mol. The molecule has 0 atom stereocenters. The molecule has 0 bridgehead atoms. The second kappa shape index (κ2) is 6.09. The van der Waals surface area contributed by atoms with Gasteiger partial charge < -0.3 is 10.0 Å². The Morgan fingerprint density at radius 3 is 2.94 bits per heavy atom. The van der Waals surface area contributed by atoms with Crippen LogP contribution < -0.4 is 5.48 Å². The summed E-state index contributed by atoms with van der Waals surface area (Å²) in [4.78, 5) is 27.3. The van der Waals surface area contributed by atoms with Gasteiger partial charge in [0.1, 0.15) is 0 Å². The van der Waals surface area contributed by atoms with Gasteiger partial charge in [0, 0.05) is 13.6 Å². The van der Waals surface area contributed by atoms with Crippen LogP contribution >= 0.6 is 11.3 Å². The monoisotopic (exact) mass is 244 g/mol. The summed E-state index contributed by atoms with van der Waals surface area (Å²) in [7, 11) is 1.59. The molecule has 0 aromatic carbocycles. The van der Waals surface area contributed by atoms with Crippen LogP contribution in [0.15, 0.2) is 16.8 Å². The zero-order valence-electron chi connectivity index (χ0n) is 8.67. The lowest BCUT2D eigenvalue weighted by molar-refractivity contribution is -0.144. The number of nitrogens with zero attached hydrogens (tertiary/aromatic N) is 1. The van der Waals surface area contributed by atoms with E-state index >= 15 is 0 Å². The molecule has 2 N–H and O–H groups in total. The number of hydrogen-bond donors (Lipinski definition) is 2. The summed E-state index contributed by atoms with van der Waals surface area (Å²) in [5, 5.41) is 12.1. The molecule has 0 aliphatic heterocycles. The van der Waals surface area contributed by atoms with Crippen molar-refractivity contribution in [2.45, 2.75) is 6.54 Å². The molecule has 1 heterocycles. The number of aliphatic carboxylic acids is 1. The number of rotatable bonds is 5. The average molecular weight is 244 g/mol. The van der Waals surface area contributed by atoms with E-state index in [1.807, 2.05) is 22.3 Å². The summed E-state index contributed by atoms with van der Waals surface area (Å²) in [6, 6.07) is 1.43. The molecule has 1 aromatic rings. The maximum atomic E-state index is 11.4. The smallest absolute Gasteiger partial charge is 0.341 e. The minimum Gasteiger partial charge on any atom is -0.479 e. The number of hydroxylamine groups is 1. The van der Waals surface area contributed by atoms with Crippen molar-refractivity contribution in [1.29, 1.82) is 0 Å². The fourth-order valence-electron chi connectivity index (χ4n) is 0.966. The molecule has 6 nitrogen and oxygen atoms in total. The van der Waals surface area contributed by atoms with Crippen LogP contribution in [0.3, 0.4) is 0 Å². The van der Waals surface area contributed by atoms with Gasteiger partial charge in [0.25, 0.3) is 0 Å². The van der Waals surface area contributed by atoms with Gasteiger partial charge in [-0.1, -0.05) is 0 Å². The van der Waals surface area contributed by atoms with E-state index in [-0.39, 0.29) is 0 Å². The molecule has 0 saturated heterocycles. The molecule has 88 valence electrons. The summed E-state index contributed by atoms with van der Waals surface area (Å²) in [5.41, 5.74) is 3.05. The Kier molecular flexibility index (Phi) is 4.74. The number of urea groups is 1. The Morgan fingerprint density at radius 1 is 1.62 bits per heavy atom. The topological polar surface area (TPSA) is 78.9 Å². The third kappa shape index (κ3) is 4.28. The fourth-order valence-corrected chi connectivity index (χ4v) is 1.63. The molecule has 0 fully saturated rings. The van der Waals surface area contributed by atoms with Crippen molar-refractivity contribution >= 4 is 23.3 Å². The van der Waals surface area contributed by atoms with E-state index in [0.717, 1.165) is 5.56 Å². The number of carboxylic acid groups (broad SMARTS) is 1.